The molecule has 0 bridgehead atoms. The average molecular weight is 573 g/mol. The fraction of sp³-hybridized carbons (Fsp3) is 0.652. The molecular weight excluding hydrogens is 544 g/mol. The van der Waals surface area contributed by atoms with Crippen LogP contribution >= 0.6 is 0 Å². The number of pyridine rings is 1. The summed E-state index contributed by atoms with van der Waals surface area (Å²) < 4.78 is 75.1. The molecule has 3 atom stereocenters. The van der Waals surface area contributed by atoms with E-state index in [0.717, 1.165) is 57.6 Å². The first-order chi connectivity index (χ1) is 18.2. The van der Waals surface area contributed by atoms with Gasteiger partial charge in [-0.05, 0) is 49.8 Å². The monoisotopic (exact) mass is 573 g/mol. The minimum absolute atomic E-state index is 0.0101. The van der Waals surface area contributed by atoms with E-state index in [0.29, 0.717) is 18.5 Å². The standard InChI is InChI=1S/C19H27N3O3.2C2HF3O2/c23-19(21-12-14-2-1-6-20-11-14)17-10-15-3-7-22(13-18(15)25-17)16-4-8-24-9-5-16;2*3-2(4,5)1(6)7/h1-2,6,11,15-18H,3-5,7-10,12-13H2,(H,21,23);2*(H,6,7)/t15-,17+,18+;;/m0../s1. The summed E-state index contributed by atoms with van der Waals surface area (Å²) >= 11 is 0. The minimum atomic E-state index is -5.08. The summed E-state index contributed by atoms with van der Waals surface area (Å²) in [5.74, 6) is -4.99. The molecule has 0 unspecified atom stereocenters. The molecule has 0 radical (unpaired) electrons. The summed E-state index contributed by atoms with van der Waals surface area (Å²) in [5, 5.41) is 17.2. The van der Waals surface area contributed by atoms with Crippen LogP contribution in [0.25, 0.3) is 0 Å². The van der Waals surface area contributed by atoms with Crippen LogP contribution in [-0.4, -0.2) is 94.8 Å². The van der Waals surface area contributed by atoms with Crippen molar-refractivity contribution in [2.24, 2.45) is 5.92 Å². The van der Waals surface area contributed by atoms with Gasteiger partial charge in [0.1, 0.15) is 6.10 Å². The van der Waals surface area contributed by atoms with Crippen LogP contribution in [0.4, 0.5) is 26.3 Å². The maximum atomic E-state index is 12.5. The highest BCUT2D eigenvalue weighted by Gasteiger charge is 2.43. The Morgan fingerprint density at radius 3 is 2.13 bits per heavy atom. The molecule has 3 aliphatic heterocycles. The molecule has 0 aromatic carbocycles. The van der Waals surface area contributed by atoms with Crippen molar-refractivity contribution < 1.29 is 60.4 Å². The van der Waals surface area contributed by atoms with E-state index in [9.17, 15) is 31.1 Å². The molecule has 0 saturated carbocycles. The molecule has 3 fully saturated rings. The van der Waals surface area contributed by atoms with Crippen molar-refractivity contribution in [3.05, 3.63) is 30.1 Å². The maximum Gasteiger partial charge on any atom is 0.490 e. The van der Waals surface area contributed by atoms with Gasteiger partial charge < -0.3 is 25.0 Å². The Morgan fingerprint density at radius 1 is 1.03 bits per heavy atom. The fourth-order valence-corrected chi connectivity index (χ4v) is 4.31. The maximum absolute atomic E-state index is 12.5. The number of carboxylic acids is 2. The number of alkyl halides is 6. The third-order valence-electron chi connectivity index (χ3n) is 6.26. The van der Waals surface area contributed by atoms with Gasteiger partial charge >= 0.3 is 24.3 Å². The number of carbonyl (C=O) groups excluding carboxylic acids is 1. The van der Waals surface area contributed by atoms with Crippen LogP contribution in [0.15, 0.2) is 24.5 Å². The average Bonchev–Trinajstić information content (AvgIpc) is 3.32. The number of ether oxygens (including phenoxy) is 2. The van der Waals surface area contributed by atoms with E-state index in [4.69, 9.17) is 29.3 Å². The molecule has 1 aromatic heterocycles. The van der Waals surface area contributed by atoms with Crippen molar-refractivity contribution in [1.29, 1.82) is 0 Å². The topological polar surface area (TPSA) is 138 Å². The van der Waals surface area contributed by atoms with E-state index in [1.54, 1.807) is 12.4 Å². The molecule has 3 N–H and O–H groups in total. The van der Waals surface area contributed by atoms with Gasteiger partial charge in [-0.2, -0.15) is 26.3 Å². The molecule has 4 rings (SSSR count). The second kappa shape index (κ2) is 14.4. The van der Waals surface area contributed by atoms with Crippen molar-refractivity contribution in [3.8, 4) is 0 Å². The van der Waals surface area contributed by atoms with Gasteiger partial charge in [0.2, 0.25) is 5.91 Å². The quantitative estimate of drug-likeness (QED) is 0.464. The summed E-state index contributed by atoms with van der Waals surface area (Å²) in [6.07, 6.45) is -2.54. The number of hydrogen-bond acceptors (Lipinski definition) is 7. The summed E-state index contributed by atoms with van der Waals surface area (Å²) in [7, 11) is 0. The highest BCUT2D eigenvalue weighted by molar-refractivity contribution is 5.81. The molecule has 3 aliphatic rings. The van der Waals surface area contributed by atoms with Gasteiger partial charge in [-0.1, -0.05) is 6.07 Å². The van der Waals surface area contributed by atoms with Gasteiger partial charge in [0.25, 0.3) is 0 Å². The number of nitrogens with one attached hydrogen (secondary N) is 1. The summed E-state index contributed by atoms with van der Waals surface area (Å²) in [5.41, 5.74) is 1.01. The smallest absolute Gasteiger partial charge is 0.475 e. The molecule has 0 aliphatic carbocycles. The lowest BCUT2D eigenvalue weighted by Crippen LogP contribution is -2.49. The lowest BCUT2D eigenvalue weighted by Gasteiger charge is -2.40. The molecule has 3 saturated heterocycles. The predicted molar refractivity (Wildman–Crippen MR) is 120 cm³/mol. The molecule has 16 heteroatoms. The number of halogens is 6. The van der Waals surface area contributed by atoms with E-state index in [1.165, 1.54) is 0 Å². The fourth-order valence-electron chi connectivity index (χ4n) is 4.31. The molecule has 0 spiro atoms. The Bertz CT molecular complexity index is 918. The van der Waals surface area contributed by atoms with Crippen molar-refractivity contribution in [1.82, 2.24) is 15.2 Å². The molecule has 1 amide bonds. The summed E-state index contributed by atoms with van der Waals surface area (Å²) in [6, 6.07) is 4.47. The van der Waals surface area contributed by atoms with Crippen molar-refractivity contribution >= 4 is 17.8 Å². The van der Waals surface area contributed by atoms with Crippen LogP contribution in [-0.2, 0) is 30.4 Å². The molecule has 1 aromatic rings. The second-order valence-electron chi connectivity index (χ2n) is 8.97. The molecule has 10 nitrogen and oxygen atoms in total. The number of aliphatic carboxylic acids is 2. The summed E-state index contributed by atoms with van der Waals surface area (Å²) in [4.78, 5) is 36.9. The minimum Gasteiger partial charge on any atom is -0.475 e. The van der Waals surface area contributed by atoms with Gasteiger partial charge in [0, 0.05) is 44.7 Å². The molecule has 220 valence electrons. The number of carbonyl (C=O) groups is 3. The Kier molecular flexibility index (Phi) is 11.9. The Hall–Kier alpha value is -2.98. The first-order valence-electron chi connectivity index (χ1n) is 11.9. The third kappa shape index (κ3) is 11.0. The van der Waals surface area contributed by atoms with E-state index >= 15 is 0 Å². The summed E-state index contributed by atoms with van der Waals surface area (Å²) in [6.45, 7) is 4.34. The largest absolute Gasteiger partial charge is 0.490 e. The lowest BCUT2D eigenvalue weighted by molar-refractivity contribution is -0.193. The molecule has 4 heterocycles. The number of amides is 1. The first-order valence-corrected chi connectivity index (χ1v) is 11.9. The highest BCUT2D eigenvalue weighted by atomic mass is 19.4. The third-order valence-corrected chi connectivity index (χ3v) is 6.26. The van der Waals surface area contributed by atoms with E-state index in [-0.39, 0.29) is 18.1 Å². The normalized spacial score (nSPS) is 23.8. The SMILES string of the molecule is O=C(NCc1cccnc1)[C@H]1C[C@@H]2CCN(C3CCOCC3)C[C@H]2O1.O=C(O)C(F)(F)F.O=C(O)C(F)(F)F. The van der Waals surface area contributed by atoms with Gasteiger partial charge in [0.05, 0.1) is 6.10 Å². The van der Waals surface area contributed by atoms with Gasteiger partial charge in [-0.3, -0.25) is 14.7 Å². The number of hydrogen-bond donors (Lipinski definition) is 3. The number of nitrogens with zero attached hydrogens (tertiary/aromatic N) is 2. The molecule has 39 heavy (non-hydrogen) atoms. The Balaban J connectivity index is 0.000000317. The van der Waals surface area contributed by atoms with E-state index < -0.39 is 24.3 Å². The van der Waals surface area contributed by atoms with Crippen molar-refractivity contribution in [2.45, 2.75) is 62.8 Å². The number of likely N-dealkylation sites (tertiary alicyclic amines) is 1. The number of aromatic nitrogens is 1. The van der Waals surface area contributed by atoms with Crippen LogP contribution in [0.3, 0.4) is 0 Å². The van der Waals surface area contributed by atoms with Gasteiger partial charge in [-0.15, -0.1) is 0 Å². The highest BCUT2D eigenvalue weighted by Crippen LogP contribution is 2.35. The van der Waals surface area contributed by atoms with Crippen LogP contribution in [0.2, 0.25) is 0 Å². The lowest BCUT2D eigenvalue weighted by atomic mass is 9.90. The number of rotatable bonds is 4. The number of carboxylic acid groups (broad SMARTS) is 2. The van der Waals surface area contributed by atoms with Crippen LogP contribution < -0.4 is 5.32 Å². The second-order valence-corrected chi connectivity index (χ2v) is 8.97. The van der Waals surface area contributed by atoms with Gasteiger partial charge in [0.15, 0.2) is 0 Å². The number of fused-ring (bicyclic) bond motifs is 1. The number of piperidine rings is 1. The zero-order valence-electron chi connectivity index (χ0n) is 20.6. The molecular formula is C23H29F6N3O7. The van der Waals surface area contributed by atoms with Crippen molar-refractivity contribution in [3.63, 3.8) is 0 Å². The van der Waals surface area contributed by atoms with Crippen LogP contribution in [0.1, 0.15) is 31.2 Å². The van der Waals surface area contributed by atoms with Crippen molar-refractivity contribution in [2.75, 3.05) is 26.3 Å². The Labute approximate surface area is 219 Å². The zero-order chi connectivity index (χ0) is 29.2. The van der Waals surface area contributed by atoms with E-state index in [1.807, 2.05) is 12.1 Å². The van der Waals surface area contributed by atoms with Crippen LogP contribution in [0, 0.1) is 5.92 Å². The van der Waals surface area contributed by atoms with Gasteiger partial charge in [-0.25, -0.2) is 9.59 Å². The predicted octanol–water partition coefficient (Wildman–Crippen LogP) is 2.62. The first kappa shape index (κ1) is 32.2. The van der Waals surface area contributed by atoms with Crippen LogP contribution in [0.5, 0.6) is 0 Å². The zero-order valence-corrected chi connectivity index (χ0v) is 20.6. The Morgan fingerprint density at radius 2 is 1.62 bits per heavy atom. The van der Waals surface area contributed by atoms with E-state index in [2.05, 4.69) is 15.2 Å².